The Morgan fingerprint density at radius 3 is 2.44 bits per heavy atom. The van der Waals surface area contributed by atoms with Gasteiger partial charge in [0.2, 0.25) is 0 Å². The first-order chi connectivity index (χ1) is 8.41. The van der Waals surface area contributed by atoms with Gasteiger partial charge in [0.1, 0.15) is 0 Å². The van der Waals surface area contributed by atoms with Crippen LogP contribution in [0, 0.1) is 0 Å². The molecule has 94 valence electrons. The number of nitrogens with zero attached hydrogens (tertiary/aromatic N) is 1. The van der Waals surface area contributed by atoms with Gasteiger partial charge >= 0.3 is 7.12 Å². The number of rotatable bonds is 1. The zero-order valence-corrected chi connectivity index (χ0v) is 11.2. The fourth-order valence-corrected chi connectivity index (χ4v) is 2.14. The highest BCUT2D eigenvalue weighted by Gasteiger charge is 2.52. The third-order valence-corrected chi connectivity index (χ3v) is 3.98. The Morgan fingerprint density at radius 1 is 1.11 bits per heavy atom. The minimum absolute atomic E-state index is 0.339. The topological polar surface area (TPSA) is 47.1 Å². The molecule has 5 heteroatoms. The van der Waals surface area contributed by atoms with Crippen molar-refractivity contribution in [2.24, 2.45) is 0 Å². The molecule has 3 rings (SSSR count). The molecule has 18 heavy (non-hydrogen) atoms. The molecule has 1 fully saturated rings. The van der Waals surface area contributed by atoms with Gasteiger partial charge in [0.05, 0.1) is 22.3 Å². The van der Waals surface area contributed by atoms with Crippen LogP contribution in [0.4, 0.5) is 0 Å². The van der Waals surface area contributed by atoms with E-state index in [1.54, 1.807) is 6.20 Å². The van der Waals surface area contributed by atoms with E-state index in [0.717, 1.165) is 16.5 Å². The maximum atomic E-state index is 6.02. The third kappa shape index (κ3) is 1.58. The van der Waals surface area contributed by atoms with Crippen molar-refractivity contribution in [3.05, 3.63) is 24.5 Å². The number of hydrogen-bond acceptors (Lipinski definition) is 3. The smallest absolute Gasteiger partial charge is 0.398 e. The molecule has 0 amide bonds. The summed E-state index contributed by atoms with van der Waals surface area (Å²) >= 11 is 0. The summed E-state index contributed by atoms with van der Waals surface area (Å²) < 4.78 is 12.0. The predicted octanol–water partition coefficient (Wildman–Crippen LogP) is 1.86. The van der Waals surface area contributed by atoms with Gasteiger partial charge < -0.3 is 14.3 Å². The van der Waals surface area contributed by atoms with Crippen molar-refractivity contribution in [1.82, 2.24) is 9.97 Å². The summed E-state index contributed by atoms with van der Waals surface area (Å²) in [5, 5.41) is 1.12. The molecule has 0 bridgehead atoms. The van der Waals surface area contributed by atoms with Gasteiger partial charge in [-0.15, -0.1) is 0 Å². The fraction of sp³-hybridized carbons (Fsp3) is 0.462. The van der Waals surface area contributed by atoms with Crippen LogP contribution in [0.15, 0.2) is 24.5 Å². The number of aromatic nitrogens is 2. The van der Waals surface area contributed by atoms with Crippen molar-refractivity contribution < 1.29 is 9.31 Å². The molecule has 0 saturated carbocycles. The first kappa shape index (κ1) is 11.7. The quantitative estimate of drug-likeness (QED) is 0.779. The normalized spacial score (nSPS) is 21.7. The Hall–Kier alpha value is -1.33. The predicted molar refractivity (Wildman–Crippen MR) is 71.8 cm³/mol. The number of hydrogen-bond donors (Lipinski definition) is 1. The summed E-state index contributed by atoms with van der Waals surface area (Å²) in [5.41, 5.74) is 1.12. The van der Waals surface area contributed by atoms with Crippen molar-refractivity contribution in [1.29, 1.82) is 0 Å². The molecule has 2 aromatic rings. The Labute approximate surface area is 107 Å². The summed E-state index contributed by atoms with van der Waals surface area (Å²) in [6.45, 7) is 8.17. The molecule has 1 aliphatic rings. The van der Waals surface area contributed by atoms with Crippen molar-refractivity contribution in [2.75, 3.05) is 0 Å². The first-order valence-electron chi connectivity index (χ1n) is 6.18. The zero-order valence-electron chi connectivity index (χ0n) is 11.2. The standard InChI is InChI=1S/C13H17BN2O2/c1-12(2)13(3,4)18-14(17-12)11-10-9(5-7-15-10)6-8-16-11/h5-8,15H,1-4H3. The van der Waals surface area contributed by atoms with E-state index in [1.807, 2.05) is 46.0 Å². The molecule has 0 unspecified atom stereocenters. The lowest BCUT2D eigenvalue weighted by Gasteiger charge is -2.32. The number of nitrogens with one attached hydrogen (secondary N) is 1. The highest BCUT2D eigenvalue weighted by atomic mass is 16.7. The molecule has 0 radical (unpaired) electrons. The minimum Gasteiger partial charge on any atom is -0.398 e. The Bertz CT molecular complexity index is 575. The lowest BCUT2D eigenvalue weighted by Crippen LogP contribution is -2.41. The van der Waals surface area contributed by atoms with Crippen LogP contribution < -0.4 is 5.59 Å². The molecule has 0 aromatic carbocycles. The largest absolute Gasteiger partial charge is 0.516 e. The van der Waals surface area contributed by atoms with Crippen molar-refractivity contribution in [2.45, 2.75) is 38.9 Å². The Balaban J connectivity index is 2.05. The molecule has 0 atom stereocenters. The van der Waals surface area contributed by atoms with Gasteiger partial charge in [-0.25, -0.2) is 0 Å². The summed E-state index contributed by atoms with van der Waals surface area (Å²) in [4.78, 5) is 7.61. The van der Waals surface area contributed by atoms with Gasteiger partial charge in [-0.2, -0.15) is 0 Å². The molecule has 2 aromatic heterocycles. The maximum Gasteiger partial charge on any atom is 0.516 e. The summed E-state index contributed by atoms with van der Waals surface area (Å²) in [5.74, 6) is 0. The van der Waals surface area contributed by atoms with Crippen molar-refractivity contribution in [3.8, 4) is 0 Å². The van der Waals surface area contributed by atoms with Gasteiger partial charge in [0.25, 0.3) is 0 Å². The molecule has 4 nitrogen and oxygen atoms in total. The average Bonchev–Trinajstić information content (AvgIpc) is 2.81. The zero-order chi connectivity index (χ0) is 13.0. The van der Waals surface area contributed by atoms with E-state index < -0.39 is 7.12 Å². The third-order valence-electron chi connectivity index (χ3n) is 3.98. The van der Waals surface area contributed by atoms with E-state index in [9.17, 15) is 0 Å². The molecular formula is C13H17BN2O2. The number of H-pyrrole nitrogens is 1. The van der Waals surface area contributed by atoms with Crippen LogP contribution in [0.1, 0.15) is 27.7 Å². The molecular weight excluding hydrogens is 227 g/mol. The number of fused-ring (bicyclic) bond motifs is 1. The molecule has 0 spiro atoms. The highest BCUT2D eigenvalue weighted by Crippen LogP contribution is 2.36. The molecule has 0 aliphatic carbocycles. The van der Waals surface area contributed by atoms with E-state index in [4.69, 9.17) is 9.31 Å². The lowest BCUT2D eigenvalue weighted by atomic mass is 9.83. The molecule has 1 aliphatic heterocycles. The van der Waals surface area contributed by atoms with E-state index in [2.05, 4.69) is 9.97 Å². The maximum absolute atomic E-state index is 6.02. The van der Waals surface area contributed by atoms with E-state index >= 15 is 0 Å². The van der Waals surface area contributed by atoms with Crippen LogP contribution in [0.5, 0.6) is 0 Å². The van der Waals surface area contributed by atoms with E-state index in [0.29, 0.717) is 0 Å². The van der Waals surface area contributed by atoms with Crippen molar-refractivity contribution in [3.63, 3.8) is 0 Å². The lowest BCUT2D eigenvalue weighted by molar-refractivity contribution is 0.00578. The molecule has 3 heterocycles. The van der Waals surface area contributed by atoms with Gasteiger partial charge in [-0.1, -0.05) is 0 Å². The summed E-state index contributed by atoms with van der Waals surface area (Å²) in [6, 6.07) is 3.99. The van der Waals surface area contributed by atoms with Crippen LogP contribution in [0.25, 0.3) is 10.9 Å². The second kappa shape index (κ2) is 3.59. The van der Waals surface area contributed by atoms with Crippen LogP contribution in [-0.2, 0) is 9.31 Å². The second-order valence-corrected chi connectivity index (χ2v) is 5.73. The minimum atomic E-state index is -0.419. The van der Waals surface area contributed by atoms with Crippen LogP contribution in [0.3, 0.4) is 0 Å². The SMILES string of the molecule is CC1(C)OB(c2nccc3cc[nH]c23)OC1(C)C. The highest BCUT2D eigenvalue weighted by molar-refractivity contribution is 6.63. The Kier molecular flexibility index (Phi) is 2.34. The Morgan fingerprint density at radius 2 is 1.78 bits per heavy atom. The summed E-state index contributed by atoms with van der Waals surface area (Å²) in [7, 11) is -0.419. The van der Waals surface area contributed by atoms with E-state index in [1.165, 1.54) is 0 Å². The van der Waals surface area contributed by atoms with Crippen LogP contribution >= 0.6 is 0 Å². The second-order valence-electron chi connectivity index (χ2n) is 5.73. The van der Waals surface area contributed by atoms with Gasteiger partial charge in [-0.3, -0.25) is 4.98 Å². The number of pyridine rings is 1. The fourth-order valence-electron chi connectivity index (χ4n) is 2.14. The van der Waals surface area contributed by atoms with Crippen molar-refractivity contribution >= 4 is 23.6 Å². The van der Waals surface area contributed by atoms with Gasteiger partial charge in [0.15, 0.2) is 0 Å². The van der Waals surface area contributed by atoms with E-state index in [-0.39, 0.29) is 11.2 Å². The van der Waals surface area contributed by atoms with Gasteiger partial charge in [0, 0.05) is 17.8 Å². The van der Waals surface area contributed by atoms with Crippen LogP contribution in [0.2, 0.25) is 0 Å². The van der Waals surface area contributed by atoms with Crippen LogP contribution in [-0.4, -0.2) is 28.3 Å². The molecule has 1 N–H and O–H groups in total. The average molecular weight is 244 g/mol. The number of aromatic amines is 1. The monoisotopic (exact) mass is 244 g/mol. The van der Waals surface area contributed by atoms with Gasteiger partial charge in [-0.05, 0) is 39.8 Å². The first-order valence-corrected chi connectivity index (χ1v) is 6.18. The summed E-state index contributed by atoms with van der Waals surface area (Å²) in [6.07, 6.45) is 3.69. The molecule has 1 saturated heterocycles.